The number of nitrogens with zero attached hydrogens (tertiary/aromatic N) is 2. The predicted octanol–water partition coefficient (Wildman–Crippen LogP) is 0.255. The van der Waals surface area contributed by atoms with E-state index in [0.29, 0.717) is 6.54 Å². The monoisotopic (exact) mass is 241 g/mol. The Bertz CT molecular complexity index is 257. The summed E-state index contributed by atoms with van der Waals surface area (Å²) in [6.45, 7) is 5.50. The van der Waals surface area contributed by atoms with Gasteiger partial charge in [-0.3, -0.25) is 4.90 Å². The molecular formula is C13H27N3O. The van der Waals surface area contributed by atoms with E-state index in [0.717, 1.165) is 31.6 Å². The lowest BCUT2D eigenvalue weighted by atomic mass is 10.0. The molecule has 2 saturated heterocycles. The van der Waals surface area contributed by atoms with E-state index >= 15 is 0 Å². The van der Waals surface area contributed by atoms with Crippen LogP contribution in [0.4, 0.5) is 0 Å². The molecule has 2 aliphatic rings. The minimum atomic E-state index is -0.697. The molecule has 3 N–H and O–H groups in total. The van der Waals surface area contributed by atoms with E-state index in [4.69, 9.17) is 5.73 Å². The molecule has 0 aromatic carbocycles. The summed E-state index contributed by atoms with van der Waals surface area (Å²) in [6.07, 6.45) is 4.77. The minimum absolute atomic E-state index is 0.354. The lowest BCUT2D eigenvalue weighted by Gasteiger charge is -2.29. The van der Waals surface area contributed by atoms with E-state index in [1.54, 1.807) is 0 Å². The van der Waals surface area contributed by atoms with Crippen molar-refractivity contribution in [3.63, 3.8) is 0 Å². The summed E-state index contributed by atoms with van der Waals surface area (Å²) in [7, 11) is 2.27. The Morgan fingerprint density at radius 3 is 2.71 bits per heavy atom. The Labute approximate surface area is 105 Å². The fourth-order valence-corrected chi connectivity index (χ4v) is 3.08. The normalized spacial score (nSPS) is 34.6. The smallest absolute Gasteiger partial charge is 0.0753 e. The van der Waals surface area contributed by atoms with Crippen molar-refractivity contribution in [2.24, 2.45) is 5.73 Å². The standard InChI is InChI=1S/C13H27N3O/c1-13(17,10-14)6-8-16-7-5-11-3-4-12(9-16)15(11)2/h11-12,17H,3-10,14H2,1-2H3. The number of nitrogens with two attached hydrogens (primary N) is 1. The lowest BCUT2D eigenvalue weighted by molar-refractivity contribution is 0.0466. The topological polar surface area (TPSA) is 52.7 Å². The van der Waals surface area contributed by atoms with Crippen LogP contribution >= 0.6 is 0 Å². The lowest BCUT2D eigenvalue weighted by Crippen LogP contribution is -2.41. The maximum atomic E-state index is 9.95. The molecule has 4 heteroatoms. The highest BCUT2D eigenvalue weighted by Gasteiger charge is 2.34. The van der Waals surface area contributed by atoms with Crippen LogP contribution in [-0.2, 0) is 0 Å². The molecule has 4 nitrogen and oxygen atoms in total. The summed E-state index contributed by atoms with van der Waals surface area (Å²) >= 11 is 0. The highest BCUT2D eigenvalue weighted by molar-refractivity contribution is 4.91. The van der Waals surface area contributed by atoms with Crippen molar-refractivity contribution >= 4 is 0 Å². The number of aliphatic hydroxyl groups is 1. The average molecular weight is 241 g/mol. The highest BCUT2D eigenvalue weighted by atomic mass is 16.3. The molecule has 2 heterocycles. The van der Waals surface area contributed by atoms with Gasteiger partial charge in [-0.25, -0.2) is 0 Å². The first-order valence-corrected chi connectivity index (χ1v) is 6.88. The summed E-state index contributed by atoms with van der Waals surface area (Å²) in [5.74, 6) is 0. The van der Waals surface area contributed by atoms with Crippen molar-refractivity contribution < 1.29 is 5.11 Å². The largest absolute Gasteiger partial charge is 0.389 e. The zero-order chi connectivity index (χ0) is 12.5. The van der Waals surface area contributed by atoms with E-state index in [1.165, 1.54) is 25.8 Å². The molecule has 100 valence electrons. The van der Waals surface area contributed by atoms with Gasteiger partial charge in [-0.1, -0.05) is 0 Å². The van der Waals surface area contributed by atoms with Crippen LogP contribution in [0.15, 0.2) is 0 Å². The minimum Gasteiger partial charge on any atom is -0.389 e. The number of fused-ring (bicyclic) bond motifs is 2. The molecule has 0 spiro atoms. The summed E-state index contributed by atoms with van der Waals surface area (Å²) in [5.41, 5.74) is 4.86. The molecule has 0 aromatic heterocycles. The van der Waals surface area contributed by atoms with Crippen LogP contribution < -0.4 is 5.73 Å². The van der Waals surface area contributed by atoms with E-state index in [1.807, 2.05) is 6.92 Å². The number of likely N-dealkylation sites (tertiary alicyclic amines) is 1. The number of hydrogen-bond acceptors (Lipinski definition) is 4. The summed E-state index contributed by atoms with van der Waals surface area (Å²) in [6, 6.07) is 1.52. The third-order valence-electron chi connectivity index (χ3n) is 4.64. The molecule has 2 bridgehead atoms. The summed E-state index contributed by atoms with van der Waals surface area (Å²) < 4.78 is 0. The Morgan fingerprint density at radius 1 is 1.29 bits per heavy atom. The zero-order valence-electron chi connectivity index (χ0n) is 11.2. The van der Waals surface area contributed by atoms with Crippen molar-refractivity contribution in [2.45, 2.75) is 50.3 Å². The number of likely N-dealkylation sites (N-methyl/N-ethyl adjacent to an activating group) is 1. The van der Waals surface area contributed by atoms with Gasteiger partial charge in [0, 0.05) is 31.7 Å². The second-order valence-corrected chi connectivity index (χ2v) is 6.09. The fraction of sp³-hybridized carbons (Fsp3) is 1.00. The van der Waals surface area contributed by atoms with Crippen LogP contribution in [0.1, 0.15) is 32.6 Å². The van der Waals surface area contributed by atoms with Crippen molar-refractivity contribution in [1.82, 2.24) is 9.80 Å². The van der Waals surface area contributed by atoms with E-state index < -0.39 is 5.60 Å². The van der Waals surface area contributed by atoms with Crippen LogP contribution in [0.2, 0.25) is 0 Å². The van der Waals surface area contributed by atoms with Crippen molar-refractivity contribution in [3.05, 3.63) is 0 Å². The molecule has 0 saturated carbocycles. The molecule has 2 fully saturated rings. The molecule has 2 rings (SSSR count). The van der Waals surface area contributed by atoms with Gasteiger partial charge in [-0.05, 0) is 46.2 Å². The van der Waals surface area contributed by atoms with Gasteiger partial charge in [0.1, 0.15) is 0 Å². The quantitative estimate of drug-likeness (QED) is 0.741. The predicted molar refractivity (Wildman–Crippen MR) is 69.9 cm³/mol. The van der Waals surface area contributed by atoms with Crippen LogP contribution in [0, 0.1) is 0 Å². The average Bonchev–Trinajstić information content (AvgIpc) is 2.52. The van der Waals surface area contributed by atoms with Gasteiger partial charge in [-0.15, -0.1) is 0 Å². The Morgan fingerprint density at radius 2 is 2.00 bits per heavy atom. The maximum absolute atomic E-state index is 9.95. The van der Waals surface area contributed by atoms with Gasteiger partial charge in [-0.2, -0.15) is 0 Å². The second kappa shape index (κ2) is 5.22. The Kier molecular flexibility index (Phi) is 4.08. The van der Waals surface area contributed by atoms with E-state index in [2.05, 4.69) is 16.8 Å². The van der Waals surface area contributed by atoms with Crippen LogP contribution in [0.3, 0.4) is 0 Å². The number of hydrogen-bond donors (Lipinski definition) is 2. The first kappa shape index (κ1) is 13.3. The SMILES string of the molecule is CN1C2CCC1CN(CCC(C)(O)CN)CC2. The van der Waals surface area contributed by atoms with Gasteiger partial charge in [0.05, 0.1) is 5.60 Å². The molecule has 3 atom stereocenters. The van der Waals surface area contributed by atoms with E-state index in [-0.39, 0.29) is 0 Å². The second-order valence-electron chi connectivity index (χ2n) is 6.09. The number of rotatable bonds is 4. The van der Waals surface area contributed by atoms with Gasteiger partial charge >= 0.3 is 0 Å². The molecule has 0 radical (unpaired) electrons. The zero-order valence-corrected chi connectivity index (χ0v) is 11.2. The van der Waals surface area contributed by atoms with Crippen LogP contribution in [0.5, 0.6) is 0 Å². The third kappa shape index (κ3) is 3.19. The van der Waals surface area contributed by atoms with Crippen LogP contribution in [-0.4, -0.2) is 65.8 Å². The van der Waals surface area contributed by atoms with Gasteiger partial charge < -0.3 is 15.7 Å². The molecular weight excluding hydrogens is 214 g/mol. The maximum Gasteiger partial charge on any atom is 0.0753 e. The summed E-state index contributed by atoms with van der Waals surface area (Å²) in [4.78, 5) is 5.06. The fourth-order valence-electron chi connectivity index (χ4n) is 3.08. The molecule has 17 heavy (non-hydrogen) atoms. The van der Waals surface area contributed by atoms with Crippen molar-refractivity contribution in [3.8, 4) is 0 Å². The first-order chi connectivity index (χ1) is 8.02. The highest BCUT2D eigenvalue weighted by Crippen LogP contribution is 2.28. The first-order valence-electron chi connectivity index (χ1n) is 6.88. The third-order valence-corrected chi connectivity index (χ3v) is 4.64. The Balaban J connectivity index is 1.83. The van der Waals surface area contributed by atoms with Crippen molar-refractivity contribution in [2.75, 3.05) is 33.2 Å². The molecule has 2 aliphatic heterocycles. The van der Waals surface area contributed by atoms with Crippen LogP contribution in [0.25, 0.3) is 0 Å². The molecule has 0 aliphatic carbocycles. The summed E-state index contributed by atoms with van der Waals surface area (Å²) in [5, 5.41) is 9.95. The molecule has 3 unspecified atom stereocenters. The molecule has 0 aromatic rings. The van der Waals surface area contributed by atoms with E-state index in [9.17, 15) is 5.11 Å². The molecule has 0 amide bonds. The van der Waals surface area contributed by atoms with Gasteiger partial charge in [0.15, 0.2) is 0 Å². The van der Waals surface area contributed by atoms with Gasteiger partial charge in [0.2, 0.25) is 0 Å². The Hall–Kier alpha value is -0.160. The van der Waals surface area contributed by atoms with Gasteiger partial charge in [0.25, 0.3) is 0 Å². The van der Waals surface area contributed by atoms with Crippen molar-refractivity contribution in [1.29, 1.82) is 0 Å².